The molecule has 0 aliphatic heterocycles. The Morgan fingerprint density at radius 2 is 2.09 bits per heavy atom. The maximum atomic E-state index is 12.5. The lowest BCUT2D eigenvalue weighted by atomic mass is 10.00. The smallest absolute Gasteiger partial charge is 0.262 e. The highest BCUT2D eigenvalue weighted by Gasteiger charge is 2.19. The predicted molar refractivity (Wildman–Crippen MR) is 87.3 cm³/mol. The maximum absolute atomic E-state index is 12.5. The number of aromatic nitrogens is 1. The largest absolute Gasteiger partial charge is 0.444 e. The summed E-state index contributed by atoms with van der Waals surface area (Å²) >= 11 is 1.65. The van der Waals surface area contributed by atoms with E-state index in [-0.39, 0.29) is 11.9 Å². The number of thiophene rings is 1. The van der Waals surface area contributed by atoms with Crippen molar-refractivity contribution in [3.8, 4) is 0 Å². The van der Waals surface area contributed by atoms with Crippen LogP contribution < -0.4 is 5.32 Å². The zero-order valence-electron chi connectivity index (χ0n) is 13.1. The normalized spacial score (nSPS) is 16.5. The summed E-state index contributed by atoms with van der Waals surface area (Å²) in [6, 6.07) is 1.86. The highest BCUT2D eigenvalue weighted by Crippen LogP contribution is 2.28. The third kappa shape index (κ3) is 3.40. The fourth-order valence-electron chi connectivity index (χ4n) is 2.86. The SMILES string of the molecule is Cc1cnc(C(C)NC(=O)c2cc3c(s2)CCCCCC3)o1. The van der Waals surface area contributed by atoms with Crippen LogP contribution in [-0.2, 0) is 12.8 Å². The zero-order valence-corrected chi connectivity index (χ0v) is 14.0. The molecule has 2 heterocycles. The van der Waals surface area contributed by atoms with Gasteiger partial charge in [0, 0.05) is 4.88 Å². The maximum Gasteiger partial charge on any atom is 0.262 e. The Balaban J connectivity index is 1.70. The first-order valence-electron chi connectivity index (χ1n) is 7.98. The Hall–Kier alpha value is -1.62. The number of nitrogens with zero attached hydrogens (tertiary/aromatic N) is 1. The van der Waals surface area contributed by atoms with Crippen molar-refractivity contribution in [2.24, 2.45) is 0 Å². The first-order chi connectivity index (χ1) is 10.6. The lowest BCUT2D eigenvalue weighted by Crippen LogP contribution is -2.26. The van der Waals surface area contributed by atoms with Gasteiger partial charge in [0.05, 0.1) is 11.1 Å². The monoisotopic (exact) mass is 318 g/mol. The Morgan fingerprint density at radius 3 is 2.82 bits per heavy atom. The second-order valence-corrected chi connectivity index (χ2v) is 7.11. The molecule has 1 N–H and O–H groups in total. The van der Waals surface area contributed by atoms with Gasteiger partial charge >= 0.3 is 0 Å². The van der Waals surface area contributed by atoms with Crippen molar-refractivity contribution in [1.82, 2.24) is 10.3 Å². The van der Waals surface area contributed by atoms with Gasteiger partial charge in [0.1, 0.15) is 11.8 Å². The van der Waals surface area contributed by atoms with Gasteiger partial charge in [0.2, 0.25) is 5.89 Å². The quantitative estimate of drug-likeness (QED) is 0.923. The van der Waals surface area contributed by atoms with Gasteiger partial charge in [-0.15, -0.1) is 11.3 Å². The molecule has 1 amide bonds. The molecule has 1 atom stereocenters. The second-order valence-electron chi connectivity index (χ2n) is 5.98. The molecule has 2 aromatic heterocycles. The van der Waals surface area contributed by atoms with E-state index in [1.54, 1.807) is 17.5 Å². The third-order valence-electron chi connectivity index (χ3n) is 4.08. The molecule has 0 saturated carbocycles. The lowest BCUT2D eigenvalue weighted by Gasteiger charge is -2.09. The number of hydrogen-bond acceptors (Lipinski definition) is 4. The summed E-state index contributed by atoms with van der Waals surface area (Å²) in [6.07, 6.45) is 8.97. The highest BCUT2D eigenvalue weighted by atomic mass is 32.1. The van der Waals surface area contributed by atoms with Gasteiger partial charge in [-0.25, -0.2) is 4.98 Å². The van der Waals surface area contributed by atoms with Crippen molar-refractivity contribution in [2.45, 2.75) is 58.4 Å². The highest BCUT2D eigenvalue weighted by molar-refractivity contribution is 7.14. The lowest BCUT2D eigenvalue weighted by molar-refractivity contribution is 0.0938. The summed E-state index contributed by atoms with van der Waals surface area (Å²) in [5.74, 6) is 1.29. The molecule has 22 heavy (non-hydrogen) atoms. The molecular weight excluding hydrogens is 296 g/mol. The summed E-state index contributed by atoms with van der Waals surface area (Å²) < 4.78 is 5.47. The Bertz CT molecular complexity index is 634. The minimum absolute atomic E-state index is 0.0277. The molecule has 118 valence electrons. The van der Waals surface area contributed by atoms with Crippen LogP contribution in [-0.4, -0.2) is 10.9 Å². The molecule has 0 saturated heterocycles. The van der Waals surface area contributed by atoms with Crippen molar-refractivity contribution in [3.05, 3.63) is 39.2 Å². The van der Waals surface area contributed by atoms with E-state index >= 15 is 0 Å². The summed E-state index contributed by atoms with van der Waals surface area (Å²) in [7, 11) is 0. The fourth-order valence-corrected chi connectivity index (χ4v) is 4.01. The van der Waals surface area contributed by atoms with E-state index in [0.29, 0.717) is 5.89 Å². The minimum atomic E-state index is -0.217. The number of oxazole rings is 1. The molecule has 0 spiro atoms. The van der Waals surface area contributed by atoms with Crippen LogP contribution in [0.4, 0.5) is 0 Å². The molecule has 1 unspecified atom stereocenters. The van der Waals surface area contributed by atoms with Crippen LogP contribution in [0.2, 0.25) is 0 Å². The third-order valence-corrected chi connectivity index (χ3v) is 5.31. The Morgan fingerprint density at radius 1 is 1.32 bits per heavy atom. The van der Waals surface area contributed by atoms with Crippen molar-refractivity contribution in [3.63, 3.8) is 0 Å². The molecule has 2 aromatic rings. The molecule has 1 aliphatic rings. The van der Waals surface area contributed by atoms with Gasteiger partial charge in [-0.05, 0) is 51.2 Å². The minimum Gasteiger partial charge on any atom is -0.444 e. The summed E-state index contributed by atoms with van der Waals surface area (Å²) in [5, 5.41) is 2.98. The fraction of sp³-hybridized carbons (Fsp3) is 0.529. The molecule has 5 heteroatoms. The summed E-state index contributed by atoms with van der Waals surface area (Å²) in [6.45, 7) is 3.75. The van der Waals surface area contributed by atoms with E-state index in [1.807, 2.05) is 13.8 Å². The van der Waals surface area contributed by atoms with Crippen molar-refractivity contribution >= 4 is 17.2 Å². The first kappa shape index (κ1) is 15.3. The van der Waals surface area contributed by atoms with Crippen LogP contribution >= 0.6 is 11.3 Å². The van der Waals surface area contributed by atoms with Crippen molar-refractivity contribution in [1.29, 1.82) is 0 Å². The van der Waals surface area contributed by atoms with Crippen LogP contribution in [0.15, 0.2) is 16.7 Å². The van der Waals surface area contributed by atoms with Crippen LogP contribution in [0.3, 0.4) is 0 Å². The summed E-state index contributed by atoms with van der Waals surface area (Å²) in [4.78, 5) is 18.8. The van der Waals surface area contributed by atoms with Gasteiger partial charge < -0.3 is 9.73 Å². The molecule has 0 radical (unpaired) electrons. The molecule has 3 rings (SSSR count). The van der Waals surface area contributed by atoms with Gasteiger partial charge in [0.15, 0.2) is 0 Å². The number of carbonyl (C=O) groups excluding carboxylic acids is 1. The van der Waals surface area contributed by atoms with Crippen molar-refractivity contribution < 1.29 is 9.21 Å². The van der Waals surface area contributed by atoms with E-state index in [2.05, 4.69) is 16.4 Å². The van der Waals surface area contributed by atoms with Crippen LogP contribution in [0.25, 0.3) is 0 Å². The number of nitrogens with one attached hydrogen (secondary N) is 1. The van der Waals surface area contributed by atoms with E-state index in [0.717, 1.165) is 23.5 Å². The molecular formula is C17H22N2O2S. The number of hydrogen-bond donors (Lipinski definition) is 1. The topological polar surface area (TPSA) is 55.1 Å². The van der Waals surface area contributed by atoms with E-state index in [4.69, 9.17) is 4.42 Å². The average Bonchev–Trinajstić information content (AvgIpc) is 3.05. The summed E-state index contributed by atoms with van der Waals surface area (Å²) in [5.41, 5.74) is 1.37. The Labute approximate surface area is 134 Å². The first-order valence-corrected chi connectivity index (χ1v) is 8.80. The van der Waals surface area contributed by atoms with Gasteiger partial charge in [0.25, 0.3) is 5.91 Å². The number of aryl methyl sites for hydroxylation is 3. The molecule has 4 nitrogen and oxygen atoms in total. The zero-order chi connectivity index (χ0) is 15.5. The van der Waals surface area contributed by atoms with Crippen LogP contribution in [0.1, 0.15) is 70.4 Å². The Kier molecular flexibility index (Phi) is 4.62. The number of fused-ring (bicyclic) bond motifs is 1. The second kappa shape index (κ2) is 6.65. The van der Waals surface area contributed by atoms with E-state index < -0.39 is 0 Å². The molecule has 0 bridgehead atoms. The van der Waals surface area contributed by atoms with Crippen LogP contribution in [0.5, 0.6) is 0 Å². The van der Waals surface area contributed by atoms with Crippen molar-refractivity contribution in [2.75, 3.05) is 0 Å². The average molecular weight is 318 g/mol. The van der Waals surface area contributed by atoms with E-state index in [1.165, 1.54) is 36.1 Å². The van der Waals surface area contributed by atoms with Crippen LogP contribution in [0, 0.1) is 6.92 Å². The predicted octanol–water partition coefficient (Wildman–Crippen LogP) is 4.19. The molecule has 1 aliphatic carbocycles. The van der Waals surface area contributed by atoms with Gasteiger partial charge in [-0.2, -0.15) is 0 Å². The number of amides is 1. The van der Waals surface area contributed by atoms with E-state index in [9.17, 15) is 4.79 Å². The number of carbonyl (C=O) groups is 1. The van der Waals surface area contributed by atoms with Gasteiger partial charge in [-0.3, -0.25) is 4.79 Å². The van der Waals surface area contributed by atoms with Gasteiger partial charge in [-0.1, -0.05) is 12.8 Å². The standard InChI is InChI=1S/C17H22N2O2S/c1-11-10-18-17(21-11)12(2)19-16(20)15-9-13-7-5-3-4-6-8-14(13)22-15/h9-10,12H,3-8H2,1-2H3,(H,19,20). The molecule has 0 fully saturated rings. The molecule has 0 aromatic carbocycles. The number of rotatable bonds is 3.